The van der Waals surface area contributed by atoms with Gasteiger partial charge in [-0.1, -0.05) is 18.2 Å². The van der Waals surface area contributed by atoms with Crippen LogP contribution in [0.15, 0.2) is 36.4 Å². The standard InChI is InChI=1S/C23H24N2O5/c1-11(2)30-23(29)12-4-3-5-13(8-12)24-18(26)10-25-21(27)19-14-6-7-15(17-9-16(14)17)20(19)22(25)28/h3-8,11,14-17,19-20H,9-10H2,1-2H3,(H,24,26)/t14-,15-,16-,17-,19-,20+/m0/s1. The Morgan fingerprint density at radius 3 is 2.33 bits per heavy atom. The molecule has 1 heterocycles. The summed E-state index contributed by atoms with van der Waals surface area (Å²) in [7, 11) is 0. The van der Waals surface area contributed by atoms with Crippen molar-refractivity contribution in [1.29, 1.82) is 0 Å². The van der Waals surface area contributed by atoms with E-state index in [9.17, 15) is 19.2 Å². The molecular weight excluding hydrogens is 384 g/mol. The summed E-state index contributed by atoms with van der Waals surface area (Å²) in [5.74, 6) is -0.669. The molecule has 0 radical (unpaired) electrons. The number of imide groups is 1. The summed E-state index contributed by atoms with van der Waals surface area (Å²) in [5.41, 5.74) is 0.736. The van der Waals surface area contributed by atoms with E-state index in [0.717, 1.165) is 11.3 Å². The molecule has 1 N–H and O–H groups in total. The summed E-state index contributed by atoms with van der Waals surface area (Å²) >= 11 is 0. The Kier molecular flexibility index (Phi) is 4.31. The number of amides is 3. The van der Waals surface area contributed by atoms with Crippen LogP contribution in [0.4, 0.5) is 5.69 Å². The third-order valence-corrected chi connectivity index (χ3v) is 6.78. The number of allylic oxidation sites excluding steroid dienone is 2. The first-order valence-electron chi connectivity index (χ1n) is 10.5. The van der Waals surface area contributed by atoms with Crippen LogP contribution >= 0.6 is 0 Å². The van der Waals surface area contributed by atoms with Crippen molar-refractivity contribution in [1.82, 2.24) is 4.90 Å². The van der Waals surface area contributed by atoms with Gasteiger partial charge in [-0.3, -0.25) is 19.3 Å². The van der Waals surface area contributed by atoms with Crippen LogP contribution in [-0.2, 0) is 19.1 Å². The Balaban J connectivity index is 1.26. The smallest absolute Gasteiger partial charge is 0.338 e. The largest absolute Gasteiger partial charge is 0.459 e. The third-order valence-electron chi connectivity index (χ3n) is 6.78. The van der Waals surface area contributed by atoms with E-state index in [4.69, 9.17) is 4.74 Å². The van der Waals surface area contributed by atoms with Crippen molar-refractivity contribution in [3.63, 3.8) is 0 Å². The number of nitrogens with one attached hydrogen (secondary N) is 1. The molecule has 156 valence electrons. The summed E-state index contributed by atoms with van der Waals surface area (Å²) in [6.07, 6.45) is 5.07. The number of carbonyl (C=O) groups excluding carboxylic acids is 4. The second kappa shape index (κ2) is 6.79. The average molecular weight is 408 g/mol. The average Bonchev–Trinajstić information content (AvgIpc) is 3.49. The van der Waals surface area contributed by atoms with Crippen molar-refractivity contribution in [2.75, 3.05) is 11.9 Å². The predicted molar refractivity (Wildman–Crippen MR) is 107 cm³/mol. The summed E-state index contributed by atoms with van der Waals surface area (Å²) in [5, 5.41) is 2.69. The maximum Gasteiger partial charge on any atom is 0.338 e. The van der Waals surface area contributed by atoms with Gasteiger partial charge in [-0.15, -0.1) is 0 Å². The van der Waals surface area contributed by atoms with Crippen LogP contribution in [0, 0.1) is 35.5 Å². The third kappa shape index (κ3) is 2.95. The van der Waals surface area contributed by atoms with Gasteiger partial charge in [0.1, 0.15) is 6.54 Å². The van der Waals surface area contributed by atoms with Gasteiger partial charge in [0.2, 0.25) is 17.7 Å². The fourth-order valence-corrected chi connectivity index (χ4v) is 5.52. The first kappa shape index (κ1) is 19.0. The first-order chi connectivity index (χ1) is 14.3. The number of nitrogens with zero attached hydrogens (tertiary/aromatic N) is 1. The summed E-state index contributed by atoms with van der Waals surface area (Å²) < 4.78 is 5.17. The number of anilines is 1. The summed E-state index contributed by atoms with van der Waals surface area (Å²) in [6, 6.07) is 6.42. The lowest BCUT2D eigenvalue weighted by molar-refractivity contribution is -0.142. The van der Waals surface area contributed by atoms with Crippen LogP contribution in [-0.4, -0.2) is 41.2 Å². The lowest BCUT2D eigenvalue weighted by Crippen LogP contribution is -2.40. The molecule has 3 fully saturated rings. The summed E-state index contributed by atoms with van der Waals surface area (Å²) in [4.78, 5) is 51.7. The topological polar surface area (TPSA) is 92.8 Å². The lowest BCUT2D eigenvalue weighted by atomic mass is 9.63. The molecule has 7 nitrogen and oxygen atoms in total. The number of esters is 1. The number of benzene rings is 1. The van der Waals surface area contributed by atoms with Crippen molar-refractivity contribution in [2.24, 2.45) is 35.5 Å². The van der Waals surface area contributed by atoms with Crippen LogP contribution in [0.2, 0.25) is 0 Å². The normalized spacial score (nSPS) is 32.8. The van der Waals surface area contributed by atoms with Crippen molar-refractivity contribution in [2.45, 2.75) is 26.4 Å². The molecule has 6 rings (SSSR count). The van der Waals surface area contributed by atoms with E-state index >= 15 is 0 Å². The number of hydrogen-bond donors (Lipinski definition) is 1. The van der Waals surface area contributed by atoms with Gasteiger partial charge in [0.05, 0.1) is 23.5 Å². The highest BCUT2D eigenvalue weighted by atomic mass is 16.5. The SMILES string of the molecule is CC(C)OC(=O)c1cccc(NC(=O)CN2C(=O)[C@@H]3[C@H]4C=C[C@@H]([C@@H]5C[C@@H]45)[C@@H]3C2=O)c1. The Morgan fingerprint density at radius 2 is 1.73 bits per heavy atom. The van der Waals surface area contributed by atoms with Gasteiger partial charge in [-0.25, -0.2) is 4.79 Å². The molecule has 0 spiro atoms. The van der Waals surface area contributed by atoms with Gasteiger partial charge < -0.3 is 10.1 Å². The molecule has 5 aliphatic rings. The zero-order valence-corrected chi connectivity index (χ0v) is 16.9. The van der Waals surface area contributed by atoms with Crippen LogP contribution in [0.1, 0.15) is 30.6 Å². The van der Waals surface area contributed by atoms with Gasteiger partial charge >= 0.3 is 5.97 Å². The van der Waals surface area contributed by atoms with Crippen LogP contribution < -0.4 is 5.32 Å². The highest BCUT2D eigenvalue weighted by Crippen LogP contribution is 2.65. The molecule has 2 saturated carbocycles. The Hall–Kier alpha value is -2.96. The van der Waals surface area contributed by atoms with Gasteiger partial charge in [-0.05, 0) is 62.1 Å². The predicted octanol–water partition coefficient (Wildman–Crippen LogP) is 2.24. The van der Waals surface area contributed by atoms with E-state index in [1.54, 1.807) is 32.0 Å². The zero-order chi connectivity index (χ0) is 21.2. The number of carbonyl (C=O) groups is 4. The molecule has 3 amide bonds. The van der Waals surface area contributed by atoms with Gasteiger partial charge in [0.15, 0.2) is 0 Å². The zero-order valence-electron chi connectivity index (χ0n) is 16.9. The van der Waals surface area contributed by atoms with Crippen LogP contribution in [0.3, 0.4) is 0 Å². The fourth-order valence-electron chi connectivity index (χ4n) is 5.52. The van der Waals surface area contributed by atoms with Crippen LogP contribution in [0.25, 0.3) is 0 Å². The molecule has 4 aliphatic carbocycles. The minimum atomic E-state index is -0.475. The van der Waals surface area contributed by atoms with E-state index in [1.165, 1.54) is 6.07 Å². The quantitative estimate of drug-likeness (QED) is 0.458. The molecule has 0 aromatic heterocycles. The summed E-state index contributed by atoms with van der Waals surface area (Å²) in [6.45, 7) is 3.22. The van der Waals surface area contributed by atoms with Crippen molar-refractivity contribution >= 4 is 29.4 Å². The molecule has 7 heteroatoms. The number of hydrogen-bond acceptors (Lipinski definition) is 5. The van der Waals surface area contributed by atoms with E-state index in [-0.39, 0.29) is 48.1 Å². The molecule has 1 aromatic carbocycles. The second-order valence-corrected chi connectivity index (χ2v) is 9.00. The second-order valence-electron chi connectivity index (χ2n) is 9.00. The molecular formula is C23H24N2O5. The maximum atomic E-state index is 13.0. The van der Waals surface area contributed by atoms with E-state index < -0.39 is 11.9 Å². The fraction of sp³-hybridized carbons (Fsp3) is 0.478. The van der Waals surface area contributed by atoms with Crippen LogP contribution in [0.5, 0.6) is 0 Å². The molecule has 2 bridgehead atoms. The van der Waals surface area contributed by atoms with E-state index in [0.29, 0.717) is 23.1 Å². The minimum Gasteiger partial charge on any atom is -0.459 e. The first-order valence-corrected chi connectivity index (χ1v) is 10.5. The molecule has 0 unspecified atom stereocenters. The van der Waals surface area contributed by atoms with Gasteiger partial charge in [-0.2, -0.15) is 0 Å². The van der Waals surface area contributed by atoms with Crippen molar-refractivity contribution < 1.29 is 23.9 Å². The Morgan fingerprint density at radius 1 is 1.10 bits per heavy atom. The van der Waals surface area contributed by atoms with Gasteiger partial charge in [0, 0.05) is 5.69 Å². The number of ether oxygens (including phenoxy) is 1. The Labute approximate surface area is 174 Å². The van der Waals surface area contributed by atoms with E-state index in [1.807, 2.05) is 0 Å². The minimum absolute atomic E-state index is 0.137. The van der Waals surface area contributed by atoms with Gasteiger partial charge in [0.25, 0.3) is 0 Å². The number of rotatable bonds is 5. The highest BCUT2D eigenvalue weighted by molar-refractivity contribution is 6.09. The Bertz CT molecular complexity index is 948. The molecule has 1 aromatic rings. The number of likely N-dealkylation sites (tertiary alicyclic amines) is 1. The molecule has 1 saturated heterocycles. The maximum absolute atomic E-state index is 13.0. The lowest BCUT2D eigenvalue weighted by Gasteiger charge is -2.37. The molecule has 30 heavy (non-hydrogen) atoms. The van der Waals surface area contributed by atoms with Crippen molar-refractivity contribution in [3.8, 4) is 0 Å². The highest BCUT2D eigenvalue weighted by Gasteiger charge is 2.67. The van der Waals surface area contributed by atoms with Crippen molar-refractivity contribution in [3.05, 3.63) is 42.0 Å². The molecule has 6 atom stereocenters. The van der Waals surface area contributed by atoms with E-state index in [2.05, 4.69) is 17.5 Å². The monoisotopic (exact) mass is 408 g/mol. The molecule has 1 aliphatic heterocycles.